The minimum absolute atomic E-state index is 0.113. The molecule has 112 valence electrons. The number of nitrogens with one attached hydrogen (secondary N) is 1. The van der Waals surface area contributed by atoms with Gasteiger partial charge in [-0.2, -0.15) is 5.10 Å². The summed E-state index contributed by atoms with van der Waals surface area (Å²) >= 11 is 3.64. The topological polar surface area (TPSA) is 62.4 Å². The zero-order valence-corrected chi connectivity index (χ0v) is 13.5. The van der Waals surface area contributed by atoms with Crippen molar-refractivity contribution >= 4 is 15.9 Å². The zero-order valence-electron chi connectivity index (χ0n) is 11.9. The second kappa shape index (κ2) is 6.11. The van der Waals surface area contributed by atoms with Gasteiger partial charge in [0.1, 0.15) is 0 Å². The maximum Gasteiger partial charge on any atom is 0.0807 e. The lowest BCUT2D eigenvalue weighted by molar-refractivity contribution is -0.00513. The van der Waals surface area contributed by atoms with E-state index in [1.165, 1.54) is 18.8 Å². The molecule has 4 heterocycles. The van der Waals surface area contributed by atoms with Crippen LogP contribution in [0, 0.1) is 0 Å². The van der Waals surface area contributed by atoms with E-state index in [-0.39, 0.29) is 6.04 Å². The Balaban J connectivity index is 1.88. The maximum absolute atomic E-state index is 5.90. The standard InChI is InChI=1S/C13H23BrN6/c1-2-3-20-13(10(14)8-16-20)12(17-15)11-9-18-4-6-19(11)7-5-18/h8,11-12,17H,2-7,9,15H2,1H3. The summed E-state index contributed by atoms with van der Waals surface area (Å²) in [5.74, 6) is 5.90. The first-order valence-corrected chi connectivity index (χ1v) is 8.17. The highest BCUT2D eigenvalue weighted by molar-refractivity contribution is 9.10. The Bertz CT molecular complexity index is 454. The summed E-state index contributed by atoms with van der Waals surface area (Å²) in [6.45, 7) is 8.83. The van der Waals surface area contributed by atoms with Crippen LogP contribution in [0.15, 0.2) is 10.7 Å². The third-order valence-corrected chi connectivity index (χ3v) is 5.06. The Labute approximate surface area is 128 Å². The van der Waals surface area contributed by atoms with Gasteiger partial charge in [-0.05, 0) is 22.4 Å². The Morgan fingerprint density at radius 1 is 1.45 bits per heavy atom. The number of hydrogen-bond acceptors (Lipinski definition) is 5. The van der Waals surface area contributed by atoms with Gasteiger partial charge in [0.05, 0.1) is 22.4 Å². The molecule has 6 nitrogen and oxygen atoms in total. The van der Waals surface area contributed by atoms with Crippen LogP contribution in [-0.2, 0) is 6.54 Å². The number of hydrazine groups is 1. The van der Waals surface area contributed by atoms with Crippen LogP contribution in [0.1, 0.15) is 25.1 Å². The van der Waals surface area contributed by atoms with Crippen molar-refractivity contribution in [2.75, 3.05) is 32.7 Å². The second-order valence-corrected chi connectivity index (χ2v) is 6.50. The SMILES string of the molecule is CCCn1ncc(Br)c1C(NN)C1CN2CCN1CC2. The highest BCUT2D eigenvalue weighted by Crippen LogP contribution is 2.31. The lowest BCUT2D eigenvalue weighted by Gasteiger charge is -2.50. The molecule has 1 aromatic rings. The van der Waals surface area contributed by atoms with E-state index < -0.39 is 0 Å². The van der Waals surface area contributed by atoms with E-state index in [9.17, 15) is 0 Å². The fourth-order valence-corrected chi connectivity index (χ4v) is 3.96. The third-order valence-electron chi connectivity index (χ3n) is 4.45. The quantitative estimate of drug-likeness (QED) is 0.604. The summed E-state index contributed by atoms with van der Waals surface area (Å²) in [6.07, 6.45) is 2.95. The molecule has 3 N–H and O–H groups in total. The Hall–Kier alpha value is -0.470. The molecule has 2 unspecified atom stereocenters. The van der Waals surface area contributed by atoms with Gasteiger partial charge in [0.2, 0.25) is 0 Å². The fourth-order valence-electron chi connectivity index (χ4n) is 3.42. The summed E-state index contributed by atoms with van der Waals surface area (Å²) in [7, 11) is 0. The van der Waals surface area contributed by atoms with Crippen molar-refractivity contribution in [2.45, 2.75) is 32.0 Å². The molecule has 0 radical (unpaired) electrons. The first kappa shape index (κ1) is 14.5. The Morgan fingerprint density at radius 2 is 2.20 bits per heavy atom. The van der Waals surface area contributed by atoms with Crippen molar-refractivity contribution in [1.82, 2.24) is 25.0 Å². The van der Waals surface area contributed by atoms with E-state index >= 15 is 0 Å². The number of piperazine rings is 3. The van der Waals surface area contributed by atoms with Crippen LogP contribution in [0.2, 0.25) is 0 Å². The second-order valence-electron chi connectivity index (χ2n) is 5.65. The van der Waals surface area contributed by atoms with Gasteiger partial charge in [0.15, 0.2) is 0 Å². The summed E-state index contributed by atoms with van der Waals surface area (Å²) < 4.78 is 3.12. The number of rotatable bonds is 5. The third kappa shape index (κ3) is 2.53. The molecule has 3 aliphatic heterocycles. The lowest BCUT2D eigenvalue weighted by atomic mass is 9.98. The van der Waals surface area contributed by atoms with Crippen molar-refractivity contribution in [3.05, 3.63) is 16.4 Å². The van der Waals surface area contributed by atoms with E-state index in [1.54, 1.807) is 0 Å². The molecule has 7 heteroatoms. The largest absolute Gasteiger partial charge is 0.299 e. The minimum atomic E-state index is 0.113. The molecular weight excluding hydrogens is 320 g/mol. The van der Waals surface area contributed by atoms with Crippen LogP contribution in [0.4, 0.5) is 0 Å². The van der Waals surface area contributed by atoms with Crippen molar-refractivity contribution in [3.63, 3.8) is 0 Å². The molecule has 20 heavy (non-hydrogen) atoms. The molecule has 2 bridgehead atoms. The van der Waals surface area contributed by atoms with Crippen LogP contribution in [0.25, 0.3) is 0 Å². The van der Waals surface area contributed by atoms with E-state index in [2.05, 4.69) is 47.9 Å². The van der Waals surface area contributed by atoms with Gasteiger partial charge in [-0.25, -0.2) is 5.43 Å². The monoisotopic (exact) mass is 342 g/mol. The van der Waals surface area contributed by atoms with E-state index in [0.29, 0.717) is 6.04 Å². The number of fused-ring (bicyclic) bond motifs is 3. The first-order valence-electron chi connectivity index (χ1n) is 7.38. The van der Waals surface area contributed by atoms with Crippen LogP contribution in [0.5, 0.6) is 0 Å². The van der Waals surface area contributed by atoms with Crippen molar-refractivity contribution < 1.29 is 0 Å². The first-order chi connectivity index (χ1) is 9.74. The number of nitrogens with two attached hydrogens (primary N) is 1. The van der Waals surface area contributed by atoms with Gasteiger partial charge < -0.3 is 0 Å². The highest BCUT2D eigenvalue weighted by Gasteiger charge is 2.38. The van der Waals surface area contributed by atoms with Crippen LogP contribution >= 0.6 is 15.9 Å². The van der Waals surface area contributed by atoms with E-state index in [0.717, 1.165) is 37.1 Å². The molecule has 1 aromatic heterocycles. The number of aromatic nitrogens is 2. The normalized spacial score (nSPS) is 30.6. The summed E-state index contributed by atoms with van der Waals surface area (Å²) in [6, 6.07) is 0.535. The molecule has 3 aliphatic rings. The predicted octanol–water partition coefficient (Wildman–Crippen LogP) is 0.560. The molecule has 3 fully saturated rings. The number of nitrogens with zero attached hydrogens (tertiary/aromatic N) is 4. The molecule has 3 saturated heterocycles. The van der Waals surface area contributed by atoms with E-state index in [4.69, 9.17) is 5.84 Å². The smallest absolute Gasteiger partial charge is 0.0807 e. The maximum atomic E-state index is 5.90. The Kier molecular flexibility index (Phi) is 4.42. The van der Waals surface area contributed by atoms with Gasteiger partial charge in [-0.1, -0.05) is 6.92 Å². The molecule has 0 aromatic carbocycles. The van der Waals surface area contributed by atoms with Gasteiger partial charge in [-0.3, -0.25) is 20.3 Å². The van der Waals surface area contributed by atoms with Gasteiger partial charge >= 0.3 is 0 Å². The van der Waals surface area contributed by atoms with Gasteiger partial charge in [-0.15, -0.1) is 0 Å². The van der Waals surface area contributed by atoms with Crippen LogP contribution in [-0.4, -0.2) is 58.3 Å². The van der Waals surface area contributed by atoms with Crippen LogP contribution in [0.3, 0.4) is 0 Å². The highest BCUT2D eigenvalue weighted by atomic mass is 79.9. The molecular formula is C13H23BrN6. The number of hydrogen-bond donors (Lipinski definition) is 2. The zero-order chi connectivity index (χ0) is 14.1. The average molecular weight is 343 g/mol. The predicted molar refractivity (Wildman–Crippen MR) is 82.1 cm³/mol. The molecule has 0 amide bonds. The number of aryl methyl sites for hydroxylation is 1. The van der Waals surface area contributed by atoms with Crippen molar-refractivity contribution in [2.24, 2.45) is 5.84 Å². The number of halogens is 1. The average Bonchev–Trinajstić information content (AvgIpc) is 2.84. The van der Waals surface area contributed by atoms with Gasteiger partial charge in [0, 0.05) is 45.3 Å². The molecule has 0 spiro atoms. The fraction of sp³-hybridized carbons (Fsp3) is 0.769. The van der Waals surface area contributed by atoms with Crippen LogP contribution < -0.4 is 11.3 Å². The molecule has 4 rings (SSSR count). The van der Waals surface area contributed by atoms with Crippen molar-refractivity contribution in [1.29, 1.82) is 0 Å². The molecule has 0 saturated carbocycles. The van der Waals surface area contributed by atoms with Gasteiger partial charge in [0.25, 0.3) is 0 Å². The summed E-state index contributed by atoms with van der Waals surface area (Å²) in [5.41, 5.74) is 4.21. The summed E-state index contributed by atoms with van der Waals surface area (Å²) in [5, 5.41) is 4.47. The molecule has 0 aliphatic carbocycles. The summed E-state index contributed by atoms with van der Waals surface area (Å²) in [4.78, 5) is 5.09. The van der Waals surface area contributed by atoms with E-state index in [1.807, 2.05) is 6.20 Å². The Morgan fingerprint density at radius 3 is 2.75 bits per heavy atom. The van der Waals surface area contributed by atoms with Crippen molar-refractivity contribution in [3.8, 4) is 0 Å². The minimum Gasteiger partial charge on any atom is -0.299 e. The molecule has 2 atom stereocenters. The lowest BCUT2D eigenvalue weighted by Crippen LogP contribution is -2.64.